The Kier molecular flexibility index (Phi) is 12.2. The second-order valence-corrected chi connectivity index (χ2v) is 9.52. The van der Waals surface area contributed by atoms with Gasteiger partial charge in [0.25, 0.3) is 5.97 Å². The van der Waals surface area contributed by atoms with Crippen molar-refractivity contribution in [3.05, 3.63) is 127 Å². The number of aromatic nitrogens is 2. The third-order valence-electron chi connectivity index (χ3n) is 6.29. The summed E-state index contributed by atoms with van der Waals surface area (Å²) in [6.45, 7) is 1.43. The van der Waals surface area contributed by atoms with Gasteiger partial charge >= 0.3 is 0 Å². The van der Waals surface area contributed by atoms with Crippen molar-refractivity contribution in [3.63, 3.8) is 0 Å². The number of phenols is 1. The summed E-state index contributed by atoms with van der Waals surface area (Å²) in [5, 5.41) is 41.6. The predicted octanol–water partition coefficient (Wildman–Crippen LogP) is 3.77. The number of nitrogens with one attached hydrogen (secondary N) is 2. The van der Waals surface area contributed by atoms with Crippen LogP contribution < -0.4 is 21.6 Å². The number of phenolic OH excluding ortho intramolecular Hbond substituents is 1. The number of carboxylic acid groups (broad SMARTS) is 1. The van der Waals surface area contributed by atoms with E-state index in [2.05, 4.69) is 20.0 Å². The minimum atomic E-state index is -0.965. The number of H-pyrrole nitrogens is 2. The van der Waals surface area contributed by atoms with Gasteiger partial charge in [-0.2, -0.15) is 0 Å². The van der Waals surface area contributed by atoms with Crippen LogP contribution in [-0.4, -0.2) is 49.5 Å². The first kappa shape index (κ1) is 33.8. The Morgan fingerprint density at radius 3 is 2.04 bits per heavy atom. The molecule has 0 unspecified atom stereocenters. The van der Waals surface area contributed by atoms with E-state index in [1.54, 1.807) is 30.3 Å². The van der Waals surface area contributed by atoms with Crippen LogP contribution in [0.25, 0.3) is 32.2 Å². The number of nitrogens with zero attached hydrogens (tertiary/aromatic N) is 3. The molecular formula is C31H32N6O8. The number of carbonyl (C=O) groups is 1. The summed E-state index contributed by atoms with van der Waals surface area (Å²) in [6.07, 6.45) is -1.78. The highest BCUT2D eigenvalue weighted by molar-refractivity contribution is 5.88. The number of benzene rings is 3. The molecule has 0 aliphatic rings. The average Bonchev–Trinajstić information content (AvgIpc) is 3.03. The molecule has 0 aliphatic carbocycles. The van der Waals surface area contributed by atoms with Crippen LogP contribution in [0.1, 0.15) is 35.8 Å². The van der Waals surface area contributed by atoms with Crippen molar-refractivity contribution in [2.45, 2.75) is 25.7 Å². The maximum absolute atomic E-state index is 11.7. The topological polar surface area (TPSA) is 248 Å². The van der Waals surface area contributed by atoms with E-state index in [0.717, 1.165) is 12.5 Å². The SMILES string of the molecule is CC(=O)O.NC[C@H](O)c1ccc(O)c2[nH]c(=O)ccc12.[N-]=[N+]=NC[C@H](O)c1ccc(OCc2ccccc2)c2[nH]c(=O)ccc12. The number of ether oxygens (including phenoxy) is 1. The number of aliphatic hydroxyl groups excluding tert-OH is 2. The fraction of sp³-hybridized carbons (Fsp3) is 0.194. The number of aromatic amines is 2. The second kappa shape index (κ2) is 16.3. The lowest BCUT2D eigenvalue weighted by Crippen LogP contribution is -2.12. The lowest BCUT2D eigenvalue weighted by atomic mass is 10.0. The molecular weight excluding hydrogens is 584 g/mol. The molecule has 45 heavy (non-hydrogen) atoms. The van der Waals surface area contributed by atoms with Crippen LogP contribution in [-0.2, 0) is 11.4 Å². The Morgan fingerprint density at radius 1 is 0.889 bits per heavy atom. The molecule has 0 bridgehead atoms. The van der Waals surface area contributed by atoms with Crippen molar-refractivity contribution < 1.29 is 30.0 Å². The Bertz CT molecular complexity index is 1920. The number of hydrogen-bond donors (Lipinski definition) is 7. The van der Waals surface area contributed by atoms with Gasteiger partial charge in [-0.15, -0.1) is 0 Å². The van der Waals surface area contributed by atoms with E-state index in [1.807, 2.05) is 30.3 Å². The molecule has 0 radical (unpaired) electrons. The molecule has 3 aromatic carbocycles. The third kappa shape index (κ3) is 9.41. The molecule has 0 amide bonds. The number of aromatic hydroxyl groups is 1. The number of carboxylic acids is 1. The van der Waals surface area contributed by atoms with Crippen molar-refractivity contribution in [2.24, 2.45) is 10.8 Å². The van der Waals surface area contributed by atoms with Crippen molar-refractivity contribution in [3.8, 4) is 11.5 Å². The van der Waals surface area contributed by atoms with Crippen LogP contribution in [0.4, 0.5) is 0 Å². The van der Waals surface area contributed by atoms with Gasteiger partial charge in [0.15, 0.2) is 0 Å². The molecule has 0 spiro atoms. The molecule has 8 N–H and O–H groups in total. The van der Waals surface area contributed by atoms with E-state index in [-0.39, 0.29) is 30.0 Å². The summed E-state index contributed by atoms with van der Waals surface area (Å²) in [5.74, 6) is -0.350. The van der Waals surface area contributed by atoms with E-state index in [4.69, 9.17) is 25.9 Å². The zero-order valence-electron chi connectivity index (χ0n) is 24.1. The summed E-state index contributed by atoms with van der Waals surface area (Å²) in [5.41, 5.74) is 16.2. The first-order valence-corrected chi connectivity index (χ1v) is 13.5. The van der Waals surface area contributed by atoms with E-state index < -0.39 is 18.2 Å². The third-order valence-corrected chi connectivity index (χ3v) is 6.29. The lowest BCUT2D eigenvalue weighted by molar-refractivity contribution is -0.134. The smallest absolute Gasteiger partial charge is 0.300 e. The number of aliphatic hydroxyl groups is 2. The van der Waals surface area contributed by atoms with Gasteiger partial charge in [0.1, 0.15) is 18.1 Å². The molecule has 14 heteroatoms. The zero-order chi connectivity index (χ0) is 32.9. The van der Waals surface area contributed by atoms with Gasteiger partial charge in [0, 0.05) is 41.3 Å². The van der Waals surface area contributed by atoms with Gasteiger partial charge in [-0.25, -0.2) is 0 Å². The van der Waals surface area contributed by atoms with Gasteiger partial charge in [-0.05, 0) is 46.5 Å². The number of nitrogens with two attached hydrogens (primary N) is 1. The van der Waals surface area contributed by atoms with Gasteiger partial charge < -0.3 is 40.9 Å². The van der Waals surface area contributed by atoms with Crippen LogP contribution in [0.5, 0.6) is 11.5 Å². The van der Waals surface area contributed by atoms with Crippen molar-refractivity contribution in [2.75, 3.05) is 13.1 Å². The quantitative estimate of drug-likeness (QED) is 0.0760. The number of fused-ring (bicyclic) bond motifs is 2. The van der Waals surface area contributed by atoms with E-state index in [1.165, 1.54) is 18.2 Å². The lowest BCUT2D eigenvalue weighted by Gasteiger charge is -2.15. The van der Waals surface area contributed by atoms with Gasteiger partial charge in [0.05, 0.1) is 29.8 Å². The van der Waals surface area contributed by atoms with Crippen LogP contribution in [0, 0.1) is 0 Å². The van der Waals surface area contributed by atoms with Crippen LogP contribution in [0.3, 0.4) is 0 Å². The van der Waals surface area contributed by atoms with Gasteiger partial charge in [-0.3, -0.25) is 14.4 Å². The number of rotatable bonds is 8. The Hall–Kier alpha value is -5.66. The number of azide groups is 1. The number of pyridine rings is 2. The molecule has 0 saturated heterocycles. The average molecular weight is 617 g/mol. The predicted molar refractivity (Wildman–Crippen MR) is 168 cm³/mol. The molecule has 2 aromatic heterocycles. The van der Waals surface area contributed by atoms with Gasteiger partial charge in [0.2, 0.25) is 11.1 Å². The van der Waals surface area contributed by atoms with E-state index in [9.17, 15) is 24.9 Å². The first-order valence-electron chi connectivity index (χ1n) is 13.5. The fourth-order valence-corrected chi connectivity index (χ4v) is 4.28. The Morgan fingerprint density at radius 2 is 1.44 bits per heavy atom. The van der Waals surface area contributed by atoms with Crippen LogP contribution >= 0.6 is 0 Å². The number of aliphatic carboxylic acids is 1. The molecule has 5 rings (SSSR count). The fourth-order valence-electron chi connectivity index (χ4n) is 4.28. The van der Waals surface area contributed by atoms with Crippen LogP contribution in [0.2, 0.25) is 0 Å². The normalized spacial score (nSPS) is 11.6. The van der Waals surface area contributed by atoms with E-state index in [0.29, 0.717) is 45.3 Å². The van der Waals surface area contributed by atoms with Crippen molar-refractivity contribution >= 4 is 27.8 Å². The highest BCUT2D eigenvalue weighted by Crippen LogP contribution is 2.31. The Balaban J connectivity index is 0.000000236. The summed E-state index contributed by atoms with van der Waals surface area (Å²) < 4.78 is 5.84. The maximum atomic E-state index is 11.7. The molecule has 0 fully saturated rings. The Labute approximate surface area is 255 Å². The van der Waals surface area contributed by atoms with Crippen LogP contribution in [0.15, 0.2) is 93.6 Å². The minimum Gasteiger partial charge on any atom is -0.506 e. The molecule has 14 nitrogen and oxygen atoms in total. The number of hydrogen-bond acceptors (Lipinski definition) is 9. The molecule has 0 saturated carbocycles. The summed E-state index contributed by atoms with van der Waals surface area (Å²) >= 11 is 0. The zero-order valence-corrected chi connectivity index (χ0v) is 24.1. The van der Waals surface area contributed by atoms with E-state index >= 15 is 0 Å². The maximum Gasteiger partial charge on any atom is 0.300 e. The summed E-state index contributed by atoms with van der Waals surface area (Å²) in [4.78, 5) is 39.8. The van der Waals surface area contributed by atoms with Gasteiger partial charge in [-0.1, -0.05) is 47.6 Å². The molecule has 2 atom stereocenters. The van der Waals surface area contributed by atoms with Crippen molar-refractivity contribution in [1.82, 2.24) is 9.97 Å². The second-order valence-electron chi connectivity index (χ2n) is 9.52. The highest BCUT2D eigenvalue weighted by Gasteiger charge is 2.15. The monoisotopic (exact) mass is 616 g/mol. The highest BCUT2D eigenvalue weighted by atomic mass is 16.5. The van der Waals surface area contributed by atoms with Crippen molar-refractivity contribution in [1.29, 1.82) is 0 Å². The summed E-state index contributed by atoms with van der Waals surface area (Å²) in [7, 11) is 0. The standard InChI is InChI=1S/C18H16N4O3.C11H12N2O3.C2H4O2/c19-22-20-10-15(23)13-6-8-16(18-14(13)7-9-17(24)21-18)25-11-12-4-2-1-3-5-12;12-5-9(15)6-1-3-8(14)11-7(6)2-4-10(16)13-11;1-2(3)4/h1-9,15,23H,10-11H2,(H,21,24);1-4,9,14-15H,5,12H2,(H,13,16);1H3,(H,3,4)/t15-;9-;/m00./s1. The molecule has 234 valence electrons. The summed E-state index contributed by atoms with van der Waals surface area (Å²) in [6, 6.07) is 22.0. The molecule has 0 aliphatic heterocycles. The molecule has 2 heterocycles. The minimum absolute atomic E-state index is 0.0272. The largest absolute Gasteiger partial charge is 0.506 e. The first-order chi connectivity index (χ1) is 21.5. The molecule has 5 aromatic rings.